The van der Waals surface area contributed by atoms with Gasteiger partial charge in [-0.2, -0.15) is 0 Å². The van der Waals surface area contributed by atoms with Gasteiger partial charge in [0.15, 0.2) is 0 Å². The molecule has 0 saturated heterocycles. The molecule has 0 aliphatic carbocycles. The zero-order chi connectivity index (χ0) is 20.1. The molecule has 2 aromatic carbocycles. The zero-order valence-electron chi connectivity index (χ0n) is 15.0. The van der Waals surface area contributed by atoms with Gasteiger partial charge in [0.05, 0.1) is 4.90 Å². The monoisotopic (exact) mass is 419 g/mol. The largest absolute Gasteiger partial charge is 0.349 e. The fourth-order valence-corrected chi connectivity index (χ4v) is 4.25. The summed E-state index contributed by atoms with van der Waals surface area (Å²) in [5.41, 5.74) is 1.45. The molecule has 0 atom stereocenters. The second-order valence-electron chi connectivity index (χ2n) is 5.98. The Balaban J connectivity index is 1.54. The van der Waals surface area contributed by atoms with Crippen LogP contribution in [0.4, 0.5) is 4.39 Å². The number of nitrogens with one attached hydrogen (secondary N) is 2. The molecule has 6 nitrogen and oxygen atoms in total. The van der Waals surface area contributed by atoms with E-state index < -0.39 is 21.7 Å². The van der Waals surface area contributed by atoms with Crippen molar-refractivity contribution in [2.45, 2.75) is 11.8 Å². The third-order valence-corrected chi connectivity index (χ3v) is 6.23. The Bertz CT molecular complexity index is 1080. The van der Waals surface area contributed by atoms with E-state index in [1.807, 2.05) is 6.92 Å². The van der Waals surface area contributed by atoms with Gasteiger partial charge in [-0.25, -0.2) is 22.5 Å². The molecule has 2 N–H and O–H groups in total. The van der Waals surface area contributed by atoms with E-state index in [1.54, 1.807) is 30.3 Å². The molecule has 0 radical (unpaired) electrons. The highest BCUT2D eigenvalue weighted by Gasteiger charge is 2.15. The molecule has 0 aliphatic heterocycles. The molecule has 0 spiro atoms. The molecule has 1 heterocycles. The number of hydrogen-bond acceptors (Lipinski definition) is 5. The summed E-state index contributed by atoms with van der Waals surface area (Å²) >= 11 is 1.16. The first-order chi connectivity index (χ1) is 13.4. The molecule has 0 unspecified atom stereocenters. The number of sulfonamides is 1. The molecule has 9 heteroatoms. The van der Waals surface area contributed by atoms with Crippen molar-refractivity contribution in [3.05, 3.63) is 71.0 Å². The molecule has 0 aliphatic rings. The summed E-state index contributed by atoms with van der Waals surface area (Å²) < 4.78 is 40.6. The van der Waals surface area contributed by atoms with E-state index in [-0.39, 0.29) is 23.7 Å². The molecule has 1 amide bonds. The SMILES string of the molecule is Cc1ccc(S(=O)(=O)NCCNC(=O)c2csc(-c3ccccc3F)n2)cc1. The van der Waals surface area contributed by atoms with E-state index in [9.17, 15) is 17.6 Å². The maximum atomic E-state index is 13.8. The summed E-state index contributed by atoms with van der Waals surface area (Å²) in [5.74, 6) is -0.859. The highest BCUT2D eigenvalue weighted by atomic mass is 32.2. The minimum absolute atomic E-state index is 0.0340. The van der Waals surface area contributed by atoms with Gasteiger partial charge in [-0.3, -0.25) is 4.79 Å². The summed E-state index contributed by atoms with van der Waals surface area (Å²) in [5, 5.41) is 4.54. The van der Waals surface area contributed by atoms with Crippen molar-refractivity contribution in [3.63, 3.8) is 0 Å². The number of thiazole rings is 1. The van der Waals surface area contributed by atoms with Gasteiger partial charge in [0.2, 0.25) is 10.0 Å². The number of rotatable bonds is 7. The number of hydrogen-bond donors (Lipinski definition) is 2. The lowest BCUT2D eigenvalue weighted by Crippen LogP contribution is -2.34. The highest BCUT2D eigenvalue weighted by Crippen LogP contribution is 2.25. The lowest BCUT2D eigenvalue weighted by molar-refractivity contribution is 0.0950. The molecule has 1 aromatic heterocycles. The molecule has 28 heavy (non-hydrogen) atoms. The molecule has 146 valence electrons. The van der Waals surface area contributed by atoms with Crippen LogP contribution in [0, 0.1) is 12.7 Å². The number of aromatic nitrogens is 1. The standard InChI is InChI=1S/C19H18FN3O3S2/c1-13-6-8-14(9-7-13)28(25,26)22-11-10-21-18(24)17-12-27-19(23-17)15-4-2-3-5-16(15)20/h2-9,12,22H,10-11H2,1H3,(H,21,24). The predicted molar refractivity (Wildman–Crippen MR) is 106 cm³/mol. The van der Waals surface area contributed by atoms with Gasteiger partial charge in [-0.15, -0.1) is 11.3 Å². The van der Waals surface area contributed by atoms with Crippen molar-refractivity contribution in [3.8, 4) is 10.6 Å². The Hall–Kier alpha value is -2.62. The molecule has 3 rings (SSSR count). The van der Waals surface area contributed by atoms with Gasteiger partial charge in [-0.1, -0.05) is 29.8 Å². The van der Waals surface area contributed by atoms with Crippen LogP contribution in [0.15, 0.2) is 58.8 Å². The van der Waals surface area contributed by atoms with Crippen LogP contribution in [0.1, 0.15) is 16.1 Å². The van der Waals surface area contributed by atoms with Crippen LogP contribution in [0.3, 0.4) is 0 Å². The number of carbonyl (C=O) groups excluding carboxylic acids is 1. The van der Waals surface area contributed by atoms with E-state index in [0.717, 1.165) is 16.9 Å². The first-order valence-electron chi connectivity index (χ1n) is 8.42. The average Bonchev–Trinajstić information content (AvgIpc) is 3.16. The Morgan fingerprint density at radius 3 is 2.54 bits per heavy atom. The molecule has 0 bridgehead atoms. The first kappa shape index (κ1) is 20.1. The van der Waals surface area contributed by atoms with Gasteiger partial charge in [0.1, 0.15) is 16.5 Å². The minimum atomic E-state index is -3.63. The zero-order valence-corrected chi connectivity index (χ0v) is 16.6. The Labute approximate surface area is 166 Å². The second-order valence-corrected chi connectivity index (χ2v) is 8.61. The van der Waals surface area contributed by atoms with Crippen molar-refractivity contribution in [2.75, 3.05) is 13.1 Å². The first-order valence-corrected chi connectivity index (χ1v) is 10.8. The quantitative estimate of drug-likeness (QED) is 0.577. The number of nitrogens with zero attached hydrogens (tertiary/aromatic N) is 1. The third kappa shape index (κ3) is 4.80. The van der Waals surface area contributed by atoms with Gasteiger partial charge in [0.25, 0.3) is 5.91 Å². The average molecular weight is 420 g/mol. The van der Waals surface area contributed by atoms with Crippen molar-refractivity contribution in [1.29, 1.82) is 0 Å². The normalized spacial score (nSPS) is 11.4. The topological polar surface area (TPSA) is 88.2 Å². The van der Waals surface area contributed by atoms with E-state index in [1.165, 1.54) is 23.6 Å². The summed E-state index contributed by atoms with van der Waals surface area (Å²) in [6, 6.07) is 12.7. The molecular formula is C19H18FN3O3S2. The van der Waals surface area contributed by atoms with Crippen molar-refractivity contribution < 1.29 is 17.6 Å². The van der Waals surface area contributed by atoms with E-state index >= 15 is 0 Å². The van der Waals surface area contributed by atoms with E-state index in [0.29, 0.717) is 10.6 Å². The molecule has 0 fully saturated rings. The van der Waals surface area contributed by atoms with Crippen LogP contribution < -0.4 is 10.0 Å². The van der Waals surface area contributed by atoms with Gasteiger partial charge < -0.3 is 5.32 Å². The van der Waals surface area contributed by atoms with Crippen LogP contribution in [-0.2, 0) is 10.0 Å². The number of carbonyl (C=O) groups is 1. The van der Waals surface area contributed by atoms with Crippen LogP contribution in [0.25, 0.3) is 10.6 Å². The Morgan fingerprint density at radius 1 is 1.11 bits per heavy atom. The lowest BCUT2D eigenvalue weighted by Gasteiger charge is -2.07. The summed E-state index contributed by atoms with van der Waals surface area (Å²) in [6.45, 7) is 2.00. The summed E-state index contributed by atoms with van der Waals surface area (Å²) in [4.78, 5) is 16.5. The Kier molecular flexibility index (Phi) is 6.18. The van der Waals surface area contributed by atoms with E-state index in [4.69, 9.17) is 0 Å². The van der Waals surface area contributed by atoms with Gasteiger partial charge >= 0.3 is 0 Å². The summed E-state index contributed by atoms with van der Waals surface area (Å²) in [7, 11) is -3.63. The highest BCUT2D eigenvalue weighted by molar-refractivity contribution is 7.89. The molecule has 0 saturated carbocycles. The van der Waals surface area contributed by atoms with Crippen molar-refractivity contribution >= 4 is 27.3 Å². The second kappa shape index (κ2) is 8.59. The minimum Gasteiger partial charge on any atom is -0.349 e. The fraction of sp³-hybridized carbons (Fsp3) is 0.158. The maximum Gasteiger partial charge on any atom is 0.270 e. The van der Waals surface area contributed by atoms with Crippen LogP contribution >= 0.6 is 11.3 Å². The van der Waals surface area contributed by atoms with Crippen LogP contribution in [-0.4, -0.2) is 32.4 Å². The van der Waals surface area contributed by atoms with Gasteiger partial charge in [0, 0.05) is 24.0 Å². The fourth-order valence-electron chi connectivity index (χ4n) is 2.39. The number of amides is 1. The smallest absolute Gasteiger partial charge is 0.270 e. The predicted octanol–water partition coefficient (Wildman–Crippen LogP) is 2.97. The maximum absolute atomic E-state index is 13.8. The third-order valence-electron chi connectivity index (χ3n) is 3.88. The van der Waals surface area contributed by atoms with Gasteiger partial charge in [-0.05, 0) is 31.2 Å². The summed E-state index contributed by atoms with van der Waals surface area (Å²) in [6.07, 6.45) is 0. The Morgan fingerprint density at radius 2 is 1.82 bits per heavy atom. The number of benzene rings is 2. The molecular weight excluding hydrogens is 401 g/mol. The van der Waals surface area contributed by atoms with Crippen molar-refractivity contribution in [1.82, 2.24) is 15.0 Å². The van der Waals surface area contributed by atoms with Crippen molar-refractivity contribution in [2.24, 2.45) is 0 Å². The van der Waals surface area contributed by atoms with Crippen LogP contribution in [0.5, 0.6) is 0 Å². The lowest BCUT2D eigenvalue weighted by atomic mass is 10.2. The number of aryl methyl sites for hydroxylation is 1. The van der Waals surface area contributed by atoms with Crippen LogP contribution in [0.2, 0.25) is 0 Å². The van der Waals surface area contributed by atoms with E-state index in [2.05, 4.69) is 15.0 Å². The molecule has 3 aromatic rings. The number of halogens is 1.